The van der Waals surface area contributed by atoms with Crippen molar-refractivity contribution in [2.24, 2.45) is 7.05 Å². The van der Waals surface area contributed by atoms with Crippen LogP contribution < -0.4 is 5.32 Å². The van der Waals surface area contributed by atoms with Crippen LogP contribution in [-0.4, -0.2) is 33.0 Å². The Balaban J connectivity index is 2.09. The van der Waals surface area contributed by atoms with Crippen molar-refractivity contribution in [3.05, 3.63) is 42.5 Å². The van der Waals surface area contributed by atoms with Gasteiger partial charge in [0.15, 0.2) is 11.0 Å². The number of benzene rings is 1. The molecule has 6 heteroatoms. The van der Waals surface area contributed by atoms with Gasteiger partial charge in [-0.2, -0.15) is 0 Å². The number of nitrogens with one attached hydrogen (secondary N) is 1. The number of hydrogen-bond acceptors (Lipinski definition) is 4. The lowest BCUT2D eigenvalue weighted by atomic mass is 9.87. The Morgan fingerprint density at radius 1 is 1.29 bits per heavy atom. The van der Waals surface area contributed by atoms with E-state index in [9.17, 15) is 4.79 Å². The van der Waals surface area contributed by atoms with Gasteiger partial charge in [0.05, 0.1) is 5.75 Å². The van der Waals surface area contributed by atoms with Gasteiger partial charge in [-0.25, -0.2) is 0 Å². The Hall–Kier alpha value is -2.08. The predicted molar refractivity (Wildman–Crippen MR) is 99.1 cm³/mol. The Morgan fingerprint density at radius 2 is 1.96 bits per heavy atom. The monoisotopic (exact) mass is 344 g/mol. The van der Waals surface area contributed by atoms with Crippen LogP contribution in [0.2, 0.25) is 0 Å². The van der Waals surface area contributed by atoms with Gasteiger partial charge in [-0.15, -0.1) is 16.8 Å². The molecule has 0 aliphatic heterocycles. The number of hydrogen-bond donors (Lipinski definition) is 1. The first-order chi connectivity index (χ1) is 11.3. The zero-order chi connectivity index (χ0) is 17.7. The zero-order valence-corrected chi connectivity index (χ0v) is 15.5. The molecule has 128 valence electrons. The van der Waals surface area contributed by atoms with Crippen LogP contribution in [0.1, 0.15) is 26.3 Å². The lowest BCUT2D eigenvalue weighted by Gasteiger charge is -2.19. The molecule has 1 aromatic heterocycles. The first kappa shape index (κ1) is 18.3. The quantitative estimate of drug-likeness (QED) is 0.646. The van der Waals surface area contributed by atoms with Crippen LogP contribution in [0.15, 0.2) is 42.1 Å². The molecule has 0 fully saturated rings. The maximum absolute atomic E-state index is 11.7. The lowest BCUT2D eigenvalue weighted by Crippen LogP contribution is -2.25. The summed E-state index contributed by atoms with van der Waals surface area (Å²) in [7, 11) is 1.91. The number of carbonyl (C=O) groups is 1. The molecule has 1 heterocycles. The summed E-state index contributed by atoms with van der Waals surface area (Å²) in [4.78, 5) is 11.7. The van der Waals surface area contributed by atoms with E-state index >= 15 is 0 Å². The molecule has 0 atom stereocenters. The maximum Gasteiger partial charge on any atom is 0.230 e. The molecule has 0 unspecified atom stereocenters. The summed E-state index contributed by atoms with van der Waals surface area (Å²) in [6, 6.07) is 8.38. The molecule has 1 amide bonds. The average molecular weight is 344 g/mol. The molecule has 2 rings (SSSR count). The van der Waals surface area contributed by atoms with Crippen LogP contribution in [0.25, 0.3) is 11.4 Å². The molecule has 0 aliphatic carbocycles. The summed E-state index contributed by atoms with van der Waals surface area (Å²) in [5, 5.41) is 11.9. The molecule has 0 radical (unpaired) electrons. The highest BCUT2D eigenvalue weighted by molar-refractivity contribution is 7.99. The van der Waals surface area contributed by atoms with Crippen LogP contribution in [0, 0.1) is 0 Å². The highest BCUT2D eigenvalue weighted by Crippen LogP contribution is 2.26. The molecule has 24 heavy (non-hydrogen) atoms. The van der Waals surface area contributed by atoms with Crippen molar-refractivity contribution in [1.29, 1.82) is 0 Å². The predicted octanol–water partition coefficient (Wildman–Crippen LogP) is 3.17. The van der Waals surface area contributed by atoms with E-state index in [-0.39, 0.29) is 11.3 Å². The first-order valence-electron chi connectivity index (χ1n) is 7.83. The summed E-state index contributed by atoms with van der Waals surface area (Å²) < 4.78 is 1.91. The molecule has 0 bridgehead atoms. The maximum atomic E-state index is 11.7. The second-order valence-electron chi connectivity index (χ2n) is 6.57. The van der Waals surface area contributed by atoms with Gasteiger partial charge in [-0.1, -0.05) is 62.9 Å². The Bertz CT molecular complexity index is 714. The standard InChI is InChI=1S/C18H24N4OS/c1-6-11-19-15(23)12-24-17-21-20-16(22(17)5)13-7-9-14(10-8-13)18(2,3)4/h6-10H,1,11-12H2,2-5H3,(H,19,23). The third-order valence-corrected chi connectivity index (χ3v) is 4.64. The smallest absolute Gasteiger partial charge is 0.230 e. The summed E-state index contributed by atoms with van der Waals surface area (Å²) in [5.74, 6) is 1.06. The van der Waals surface area contributed by atoms with Gasteiger partial charge in [0.1, 0.15) is 0 Å². The first-order valence-corrected chi connectivity index (χ1v) is 8.82. The second-order valence-corrected chi connectivity index (χ2v) is 7.52. The summed E-state index contributed by atoms with van der Waals surface area (Å²) in [6.45, 7) is 10.6. The molecule has 2 aromatic rings. The van der Waals surface area contributed by atoms with Crippen molar-refractivity contribution in [3.8, 4) is 11.4 Å². The lowest BCUT2D eigenvalue weighted by molar-refractivity contribution is -0.118. The molecule has 0 spiro atoms. The van der Waals surface area contributed by atoms with Crippen molar-refractivity contribution in [3.63, 3.8) is 0 Å². The molecular formula is C18H24N4OS. The summed E-state index contributed by atoms with van der Waals surface area (Å²) in [5.41, 5.74) is 2.42. The van der Waals surface area contributed by atoms with Crippen molar-refractivity contribution in [2.45, 2.75) is 31.3 Å². The van der Waals surface area contributed by atoms with Crippen LogP contribution >= 0.6 is 11.8 Å². The molecule has 1 N–H and O–H groups in total. The highest BCUT2D eigenvalue weighted by Gasteiger charge is 2.16. The van der Waals surface area contributed by atoms with E-state index < -0.39 is 0 Å². The van der Waals surface area contributed by atoms with Gasteiger partial charge >= 0.3 is 0 Å². The summed E-state index contributed by atoms with van der Waals surface area (Å²) in [6.07, 6.45) is 1.66. The molecule has 1 aromatic carbocycles. The minimum absolute atomic E-state index is 0.0426. The van der Waals surface area contributed by atoms with E-state index in [4.69, 9.17) is 0 Å². The Labute approximate surface area is 147 Å². The molecule has 0 saturated heterocycles. The molecule has 0 saturated carbocycles. The highest BCUT2D eigenvalue weighted by atomic mass is 32.2. The number of rotatable bonds is 6. The normalized spacial score (nSPS) is 11.3. The minimum Gasteiger partial charge on any atom is -0.352 e. The number of aromatic nitrogens is 3. The van der Waals surface area contributed by atoms with Crippen LogP contribution in [0.5, 0.6) is 0 Å². The van der Waals surface area contributed by atoms with Gasteiger partial charge in [0.25, 0.3) is 0 Å². The van der Waals surface area contributed by atoms with E-state index in [1.54, 1.807) is 6.08 Å². The third-order valence-electron chi connectivity index (χ3n) is 3.62. The van der Waals surface area contributed by atoms with E-state index in [1.165, 1.54) is 17.3 Å². The minimum atomic E-state index is -0.0426. The SMILES string of the molecule is C=CCNC(=O)CSc1nnc(-c2ccc(C(C)(C)C)cc2)n1C. The van der Waals surface area contributed by atoms with Gasteiger partial charge in [0, 0.05) is 19.2 Å². The van der Waals surface area contributed by atoms with E-state index in [2.05, 4.69) is 67.1 Å². The third kappa shape index (κ3) is 4.47. The van der Waals surface area contributed by atoms with Gasteiger partial charge < -0.3 is 9.88 Å². The van der Waals surface area contributed by atoms with Gasteiger partial charge in [-0.3, -0.25) is 4.79 Å². The number of amides is 1. The Morgan fingerprint density at radius 3 is 2.54 bits per heavy atom. The molecular weight excluding hydrogens is 320 g/mol. The van der Waals surface area contributed by atoms with E-state index in [0.717, 1.165) is 16.5 Å². The van der Waals surface area contributed by atoms with Crippen molar-refractivity contribution in [2.75, 3.05) is 12.3 Å². The molecule has 0 aliphatic rings. The van der Waals surface area contributed by atoms with E-state index in [1.807, 2.05) is 11.6 Å². The average Bonchev–Trinajstić information content (AvgIpc) is 2.91. The Kier molecular flexibility index (Phi) is 5.83. The van der Waals surface area contributed by atoms with Gasteiger partial charge in [0.2, 0.25) is 5.91 Å². The van der Waals surface area contributed by atoms with Crippen LogP contribution in [-0.2, 0) is 17.3 Å². The van der Waals surface area contributed by atoms with E-state index in [0.29, 0.717) is 12.3 Å². The number of carbonyl (C=O) groups excluding carboxylic acids is 1. The number of nitrogens with zero attached hydrogens (tertiary/aromatic N) is 3. The fourth-order valence-electron chi connectivity index (χ4n) is 2.18. The fraction of sp³-hybridized carbons (Fsp3) is 0.389. The zero-order valence-electron chi connectivity index (χ0n) is 14.7. The largest absolute Gasteiger partial charge is 0.352 e. The van der Waals surface area contributed by atoms with Crippen molar-refractivity contribution >= 4 is 17.7 Å². The molecule has 5 nitrogen and oxygen atoms in total. The second kappa shape index (κ2) is 7.66. The number of thioether (sulfide) groups is 1. The van der Waals surface area contributed by atoms with Crippen LogP contribution in [0.4, 0.5) is 0 Å². The van der Waals surface area contributed by atoms with Crippen molar-refractivity contribution < 1.29 is 4.79 Å². The van der Waals surface area contributed by atoms with Crippen LogP contribution in [0.3, 0.4) is 0 Å². The van der Waals surface area contributed by atoms with Crippen molar-refractivity contribution in [1.82, 2.24) is 20.1 Å². The topological polar surface area (TPSA) is 59.8 Å². The fourth-order valence-corrected chi connectivity index (χ4v) is 2.92. The van der Waals surface area contributed by atoms with Gasteiger partial charge in [-0.05, 0) is 11.0 Å². The summed E-state index contributed by atoms with van der Waals surface area (Å²) >= 11 is 1.37.